The molecule has 0 aromatic carbocycles. The van der Waals surface area contributed by atoms with Crippen molar-refractivity contribution < 1.29 is 17.3 Å². The lowest BCUT2D eigenvalue weighted by atomic mass is 10.4. The van der Waals surface area contributed by atoms with Crippen LogP contribution < -0.4 is 0 Å². The Balaban J connectivity index is 1.62. The average Bonchev–Trinajstić information content (AvgIpc) is 2.99. The zero-order valence-corrected chi connectivity index (χ0v) is 12.2. The second-order valence-electron chi connectivity index (χ2n) is 5.45. The predicted molar refractivity (Wildman–Crippen MR) is 72.0 cm³/mol. The van der Waals surface area contributed by atoms with Crippen molar-refractivity contribution in [2.45, 2.75) is 36.7 Å². The molecule has 0 spiro atoms. The van der Waals surface area contributed by atoms with Crippen molar-refractivity contribution in [3.8, 4) is 11.7 Å². The lowest BCUT2D eigenvalue weighted by Crippen LogP contribution is -2.27. The largest absolute Gasteiger partial charge is 0.438 e. The second kappa shape index (κ2) is 4.67. The van der Waals surface area contributed by atoms with E-state index in [0.29, 0.717) is 30.7 Å². The molecule has 1 aliphatic heterocycles. The molecule has 0 atom stereocenters. The Morgan fingerprint density at radius 1 is 1.10 bits per heavy atom. The first kappa shape index (κ1) is 13.0. The van der Waals surface area contributed by atoms with Gasteiger partial charge in [0.05, 0.1) is 0 Å². The van der Waals surface area contributed by atoms with Crippen LogP contribution in [0.15, 0.2) is 26.1 Å². The fourth-order valence-corrected chi connectivity index (χ4v) is 3.89. The van der Waals surface area contributed by atoms with E-state index in [0.717, 1.165) is 25.7 Å². The Morgan fingerprint density at radius 3 is 2.57 bits per heavy atom. The third kappa shape index (κ3) is 2.28. The Hall–Kier alpha value is -1.67. The van der Waals surface area contributed by atoms with Crippen molar-refractivity contribution in [1.29, 1.82) is 0 Å². The number of nitrogens with zero attached hydrogens (tertiary/aromatic N) is 3. The summed E-state index contributed by atoms with van der Waals surface area (Å²) in [6.07, 6.45) is 3.91. The van der Waals surface area contributed by atoms with Crippen LogP contribution in [0.5, 0.6) is 0 Å². The smallest absolute Gasteiger partial charge is 0.283 e. The molecule has 112 valence electrons. The zero-order valence-electron chi connectivity index (χ0n) is 11.4. The highest BCUT2D eigenvalue weighted by Gasteiger charge is 2.32. The summed E-state index contributed by atoms with van der Waals surface area (Å²) >= 11 is 0. The van der Waals surface area contributed by atoms with Crippen LogP contribution in [0.4, 0.5) is 0 Å². The molecule has 21 heavy (non-hydrogen) atoms. The number of hydrogen-bond acceptors (Lipinski definition) is 6. The summed E-state index contributed by atoms with van der Waals surface area (Å²) in [4.78, 5) is 0. The van der Waals surface area contributed by atoms with E-state index in [1.807, 2.05) is 0 Å². The molecular weight excluding hydrogens is 294 g/mol. The molecule has 0 unspecified atom stereocenters. The van der Waals surface area contributed by atoms with Gasteiger partial charge in [-0.25, -0.2) is 8.42 Å². The van der Waals surface area contributed by atoms with E-state index in [4.69, 9.17) is 8.83 Å². The predicted octanol–water partition coefficient (Wildman–Crippen LogP) is 1.99. The van der Waals surface area contributed by atoms with Gasteiger partial charge in [-0.2, -0.15) is 4.31 Å². The van der Waals surface area contributed by atoms with Gasteiger partial charge in [-0.15, -0.1) is 10.2 Å². The Morgan fingerprint density at radius 2 is 1.86 bits per heavy atom. The van der Waals surface area contributed by atoms with Gasteiger partial charge in [0.1, 0.15) is 0 Å². The molecule has 2 aliphatic rings. The quantitative estimate of drug-likeness (QED) is 0.858. The first-order valence-electron chi connectivity index (χ1n) is 7.08. The molecule has 7 nitrogen and oxygen atoms in total. The van der Waals surface area contributed by atoms with Crippen molar-refractivity contribution in [2.24, 2.45) is 0 Å². The summed E-state index contributed by atoms with van der Waals surface area (Å²) in [5.74, 6) is 1.49. The summed E-state index contributed by atoms with van der Waals surface area (Å²) in [6.45, 7) is 1.09. The topological polar surface area (TPSA) is 89.4 Å². The number of hydrogen-bond donors (Lipinski definition) is 0. The summed E-state index contributed by atoms with van der Waals surface area (Å²) in [6, 6.07) is 3.01. The van der Waals surface area contributed by atoms with E-state index in [9.17, 15) is 8.42 Å². The zero-order chi connectivity index (χ0) is 14.4. The van der Waals surface area contributed by atoms with Crippen LogP contribution in [0.25, 0.3) is 11.7 Å². The lowest BCUT2D eigenvalue weighted by molar-refractivity contribution is 0.406. The molecule has 1 saturated heterocycles. The molecule has 8 heteroatoms. The van der Waals surface area contributed by atoms with Crippen molar-refractivity contribution in [2.75, 3.05) is 13.1 Å². The monoisotopic (exact) mass is 309 g/mol. The molecule has 2 fully saturated rings. The maximum Gasteiger partial charge on any atom is 0.283 e. The molecular formula is C13H15N3O4S. The van der Waals surface area contributed by atoms with E-state index >= 15 is 0 Å². The molecule has 2 aromatic rings. The van der Waals surface area contributed by atoms with Crippen LogP contribution in [-0.4, -0.2) is 36.0 Å². The van der Waals surface area contributed by atoms with Crippen molar-refractivity contribution >= 4 is 10.0 Å². The van der Waals surface area contributed by atoms with Gasteiger partial charge in [0.25, 0.3) is 15.9 Å². The summed E-state index contributed by atoms with van der Waals surface area (Å²) < 4.78 is 37.1. The van der Waals surface area contributed by atoms with E-state index in [1.54, 1.807) is 6.07 Å². The Kier molecular flexibility index (Phi) is 2.90. The fraction of sp³-hybridized carbons (Fsp3) is 0.538. The first-order chi connectivity index (χ1) is 10.1. The van der Waals surface area contributed by atoms with Crippen molar-refractivity contribution in [1.82, 2.24) is 14.5 Å². The molecule has 0 radical (unpaired) electrons. The molecule has 2 aromatic heterocycles. The van der Waals surface area contributed by atoms with Crippen LogP contribution in [0.1, 0.15) is 37.5 Å². The SMILES string of the molecule is O=S(=O)(c1ccc(-c2nnc(C3CC3)o2)o1)N1CCCC1. The summed E-state index contributed by atoms with van der Waals surface area (Å²) in [5.41, 5.74) is 0. The maximum atomic E-state index is 12.4. The van der Waals surface area contributed by atoms with Gasteiger partial charge in [0.2, 0.25) is 11.0 Å². The Labute approximate surface area is 122 Å². The van der Waals surface area contributed by atoms with Crippen LogP contribution >= 0.6 is 0 Å². The molecule has 0 N–H and O–H groups in total. The van der Waals surface area contributed by atoms with Crippen LogP contribution in [0, 0.1) is 0 Å². The van der Waals surface area contributed by atoms with Crippen LogP contribution in [0.3, 0.4) is 0 Å². The molecule has 3 heterocycles. The van der Waals surface area contributed by atoms with Gasteiger partial charge >= 0.3 is 0 Å². The highest BCUT2D eigenvalue weighted by molar-refractivity contribution is 7.89. The molecule has 1 saturated carbocycles. The standard InChI is InChI=1S/C13H15N3O4S/c17-21(18,16-7-1-2-8-16)11-6-5-10(19-11)13-15-14-12(20-13)9-3-4-9/h5-6,9H,1-4,7-8H2. The summed E-state index contributed by atoms with van der Waals surface area (Å²) in [5, 5.41) is 7.82. The average molecular weight is 309 g/mol. The number of furan rings is 1. The minimum absolute atomic E-state index is 0.0643. The van der Waals surface area contributed by atoms with Gasteiger partial charge < -0.3 is 8.83 Å². The molecule has 4 rings (SSSR count). The van der Waals surface area contributed by atoms with Crippen molar-refractivity contribution in [3.05, 3.63) is 18.0 Å². The van der Waals surface area contributed by atoms with Gasteiger partial charge in [-0.3, -0.25) is 0 Å². The lowest BCUT2D eigenvalue weighted by Gasteiger charge is -2.12. The normalized spacial score (nSPS) is 20.2. The second-order valence-corrected chi connectivity index (χ2v) is 7.32. The van der Waals surface area contributed by atoms with Crippen molar-refractivity contribution in [3.63, 3.8) is 0 Å². The minimum Gasteiger partial charge on any atom is -0.438 e. The first-order valence-corrected chi connectivity index (χ1v) is 8.52. The third-order valence-corrected chi connectivity index (χ3v) is 5.59. The number of aromatic nitrogens is 2. The Bertz CT molecular complexity index is 754. The number of sulfonamides is 1. The molecule has 0 amide bonds. The van der Waals surface area contributed by atoms with E-state index in [1.165, 1.54) is 10.4 Å². The van der Waals surface area contributed by atoms with Gasteiger partial charge in [0, 0.05) is 19.0 Å². The van der Waals surface area contributed by atoms with Gasteiger partial charge in [-0.05, 0) is 37.8 Å². The minimum atomic E-state index is -3.55. The van der Waals surface area contributed by atoms with E-state index in [-0.39, 0.29) is 11.0 Å². The van der Waals surface area contributed by atoms with E-state index in [2.05, 4.69) is 10.2 Å². The highest BCUT2D eigenvalue weighted by atomic mass is 32.2. The van der Waals surface area contributed by atoms with Gasteiger partial charge in [0.15, 0.2) is 5.76 Å². The third-order valence-electron chi connectivity index (χ3n) is 3.82. The van der Waals surface area contributed by atoms with Crippen LogP contribution in [-0.2, 0) is 10.0 Å². The fourth-order valence-electron chi connectivity index (χ4n) is 2.46. The van der Waals surface area contributed by atoms with Crippen LogP contribution in [0.2, 0.25) is 0 Å². The molecule has 0 bridgehead atoms. The summed E-state index contributed by atoms with van der Waals surface area (Å²) in [7, 11) is -3.55. The van der Waals surface area contributed by atoms with E-state index < -0.39 is 10.0 Å². The number of rotatable bonds is 4. The maximum absolute atomic E-state index is 12.4. The highest BCUT2D eigenvalue weighted by Crippen LogP contribution is 2.40. The molecule has 1 aliphatic carbocycles. The van der Waals surface area contributed by atoms with Gasteiger partial charge in [-0.1, -0.05) is 0 Å².